The fraction of sp³-hybridized carbons (Fsp3) is 0.480. The van der Waals surface area contributed by atoms with Gasteiger partial charge in [-0.2, -0.15) is 0 Å². The van der Waals surface area contributed by atoms with Gasteiger partial charge in [0.15, 0.2) is 18.8 Å². The molecule has 0 bridgehead atoms. The number of aliphatic carboxylic acids is 5. The molecule has 0 amide bonds. The van der Waals surface area contributed by atoms with Crippen molar-refractivity contribution in [3.05, 3.63) is 39.9 Å². The Morgan fingerprint density at radius 1 is 0.727 bits per heavy atom. The molecule has 13 nitrogen and oxygen atoms in total. The van der Waals surface area contributed by atoms with E-state index in [2.05, 4.69) is 6.58 Å². The SMILES string of the molecule is C=CCCCCCCCCC(=O)O.O=C(O)C(Cl)(Cl)Cl.O=C(O)C(O)C(O)C(=O)O.O=C(O)COc1cc(Cl)c(Cl)cc1Cl. The van der Waals surface area contributed by atoms with Crippen molar-refractivity contribution in [2.24, 2.45) is 0 Å². The summed E-state index contributed by atoms with van der Waals surface area (Å²) in [5, 5.41) is 57.9. The molecule has 7 N–H and O–H groups in total. The summed E-state index contributed by atoms with van der Waals surface area (Å²) in [6.45, 7) is 3.19. The van der Waals surface area contributed by atoms with Gasteiger partial charge in [0.05, 0.1) is 15.1 Å². The predicted molar refractivity (Wildman–Crippen MR) is 165 cm³/mol. The van der Waals surface area contributed by atoms with Gasteiger partial charge >= 0.3 is 29.8 Å². The number of hydrogen-bond donors (Lipinski definition) is 7. The Hall–Kier alpha value is -2.23. The lowest BCUT2D eigenvalue weighted by Gasteiger charge is -2.07. The molecule has 0 fully saturated rings. The van der Waals surface area contributed by atoms with Crippen LogP contribution in [0.3, 0.4) is 0 Å². The summed E-state index contributed by atoms with van der Waals surface area (Å²) in [4.78, 5) is 49.5. The normalized spacial score (nSPS) is 11.5. The average molecular weight is 753 g/mol. The number of hydrogen-bond acceptors (Lipinski definition) is 8. The van der Waals surface area contributed by atoms with Gasteiger partial charge in [0, 0.05) is 12.5 Å². The second kappa shape index (κ2) is 26.0. The van der Waals surface area contributed by atoms with E-state index in [0.717, 1.165) is 19.3 Å². The van der Waals surface area contributed by atoms with Gasteiger partial charge in [0.2, 0.25) is 0 Å². The third-order valence-electron chi connectivity index (χ3n) is 4.42. The topological polar surface area (TPSA) is 236 Å². The number of benzene rings is 1. The third kappa shape index (κ3) is 27.3. The van der Waals surface area contributed by atoms with Gasteiger partial charge in [-0.05, 0) is 25.3 Å². The highest BCUT2D eigenvalue weighted by Gasteiger charge is 2.30. The summed E-state index contributed by atoms with van der Waals surface area (Å²) >= 11 is 31.5. The number of ether oxygens (including phenoxy) is 1. The molecule has 0 saturated carbocycles. The lowest BCUT2D eigenvalue weighted by Crippen LogP contribution is -2.39. The largest absolute Gasteiger partial charge is 0.481 e. The lowest BCUT2D eigenvalue weighted by atomic mass is 10.1. The first kappa shape index (κ1) is 46.2. The molecule has 0 aliphatic heterocycles. The molecule has 19 heteroatoms. The van der Waals surface area contributed by atoms with Crippen molar-refractivity contribution in [3.8, 4) is 5.75 Å². The minimum Gasteiger partial charge on any atom is -0.481 e. The van der Waals surface area contributed by atoms with Crippen LogP contribution in [-0.2, 0) is 24.0 Å². The monoisotopic (exact) mass is 750 g/mol. The summed E-state index contributed by atoms with van der Waals surface area (Å²) in [6, 6.07) is 2.76. The summed E-state index contributed by atoms with van der Waals surface area (Å²) < 4.78 is 2.69. The van der Waals surface area contributed by atoms with E-state index in [9.17, 15) is 24.0 Å². The van der Waals surface area contributed by atoms with E-state index < -0.39 is 52.5 Å². The highest BCUT2D eigenvalue weighted by atomic mass is 35.6. The fourth-order valence-corrected chi connectivity index (χ4v) is 2.89. The van der Waals surface area contributed by atoms with Crippen LogP contribution in [0.4, 0.5) is 0 Å². The van der Waals surface area contributed by atoms with Crippen LogP contribution < -0.4 is 4.74 Å². The third-order valence-corrected chi connectivity index (χ3v) is 5.92. The van der Waals surface area contributed by atoms with Crippen LogP contribution in [0.5, 0.6) is 5.75 Å². The number of aliphatic hydroxyl groups excluding tert-OH is 2. The maximum absolute atomic E-state index is 10.2. The highest BCUT2D eigenvalue weighted by molar-refractivity contribution is 6.75. The number of carbonyl (C=O) groups is 5. The van der Waals surface area contributed by atoms with Crippen molar-refractivity contribution in [1.82, 2.24) is 0 Å². The Kier molecular flexibility index (Phi) is 27.3. The van der Waals surface area contributed by atoms with Crippen LogP contribution in [0.15, 0.2) is 24.8 Å². The maximum Gasteiger partial charge on any atom is 0.356 e. The summed E-state index contributed by atoms with van der Waals surface area (Å²) in [5.74, 6) is -6.57. The molecule has 0 spiro atoms. The number of carboxylic acid groups (broad SMARTS) is 5. The van der Waals surface area contributed by atoms with Gasteiger partial charge < -0.3 is 40.5 Å². The molecule has 1 aromatic rings. The quantitative estimate of drug-likeness (QED) is 0.0486. The zero-order valence-corrected chi connectivity index (χ0v) is 27.3. The van der Waals surface area contributed by atoms with Gasteiger partial charge in [-0.15, -0.1) is 6.58 Å². The molecule has 0 aromatic heterocycles. The van der Waals surface area contributed by atoms with Crippen LogP contribution >= 0.6 is 69.6 Å². The summed E-state index contributed by atoms with van der Waals surface area (Å²) in [7, 11) is 0. The van der Waals surface area contributed by atoms with Crippen molar-refractivity contribution >= 4 is 99.5 Å². The number of allylic oxidation sites excluding steroid dienone is 1. The van der Waals surface area contributed by atoms with Crippen LogP contribution in [0, 0.1) is 0 Å². The molecule has 0 saturated heterocycles. The Labute approximate surface area is 282 Å². The average Bonchev–Trinajstić information content (AvgIpc) is 2.90. The number of alkyl halides is 3. The van der Waals surface area contributed by atoms with Crippen molar-refractivity contribution in [3.63, 3.8) is 0 Å². The maximum atomic E-state index is 10.2. The van der Waals surface area contributed by atoms with E-state index in [-0.39, 0.29) is 15.8 Å². The van der Waals surface area contributed by atoms with Crippen molar-refractivity contribution < 1.29 is 64.5 Å². The van der Waals surface area contributed by atoms with E-state index in [0.29, 0.717) is 11.4 Å². The lowest BCUT2D eigenvalue weighted by molar-refractivity contribution is -0.165. The minimum atomic E-state index is -2.27. The number of carboxylic acids is 5. The summed E-state index contributed by atoms with van der Waals surface area (Å²) in [6.07, 6.45) is 5.61. The second-order valence-corrected chi connectivity index (χ2v) is 11.6. The van der Waals surface area contributed by atoms with Crippen molar-refractivity contribution in [2.75, 3.05) is 6.61 Å². The van der Waals surface area contributed by atoms with E-state index in [1.807, 2.05) is 6.08 Å². The minimum absolute atomic E-state index is 0.198. The van der Waals surface area contributed by atoms with Gasteiger partial charge in [0.25, 0.3) is 3.79 Å². The van der Waals surface area contributed by atoms with E-state index in [1.165, 1.54) is 37.8 Å². The molecule has 0 aliphatic carbocycles. The number of aliphatic hydroxyl groups is 2. The fourth-order valence-electron chi connectivity index (χ4n) is 2.30. The van der Waals surface area contributed by atoms with Gasteiger partial charge in [-0.1, -0.05) is 101 Å². The number of rotatable bonds is 15. The molecule has 1 aromatic carbocycles. The van der Waals surface area contributed by atoms with Gasteiger partial charge in [-0.25, -0.2) is 19.2 Å². The Morgan fingerprint density at radius 3 is 1.50 bits per heavy atom. The molecule has 0 aliphatic rings. The molecule has 0 radical (unpaired) electrons. The Morgan fingerprint density at radius 2 is 1.14 bits per heavy atom. The van der Waals surface area contributed by atoms with Crippen LogP contribution in [0.2, 0.25) is 15.1 Å². The highest BCUT2D eigenvalue weighted by Crippen LogP contribution is 2.33. The smallest absolute Gasteiger partial charge is 0.356 e. The Balaban J connectivity index is -0.000000525. The van der Waals surface area contributed by atoms with Crippen LogP contribution in [0.1, 0.15) is 51.4 Å². The van der Waals surface area contributed by atoms with Crippen LogP contribution in [-0.4, -0.2) is 88.2 Å². The first-order valence-corrected chi connectivity index (χ1v) is 14.4. The zero-order valence-electron chi connectivity index (χ0n) is 22.8. The van der Waals surface area contributed by atoms with E-state index in [4.69, 9.17) is 110 Å². The van der Waals surface area contributed by atoms with Crippen molar-refractivity contribution in [1.29, 1.82) is 0 Å². The number of unbranched alkanes of at least 4 members (excludes halogenated alkanes) is 6. The van der Waals surface area contributed by atoms with Gasteiger partial charge in [0.1, 0.15) is 5.75 Å². The van der Waals surface area contributed by atoms with Crippen LogP contribution in [0.25, 0.3) is 0 Å². The molecule has 1 rings (SSSR count). The number of halogens is 6. The standard InChI is InChI=1S/C11H20O2.C8H5Cl3O3.C4H6O6.C2HCl3O2/c1-2-3-4-5-6-7-8-9-10-11(12)13;9-4-1-6(11)7(2-5(4)10)14-3-8(12)13;5-1(3(7)8)2(6)4(9)10;3-2(4,5)1(6)7/h2H,1,3-10H2,(H,12,13);1-2H,3H2,(H,12,13);1-2,5-6H,(H,7,8)(H,9,10);(H,6,7). The molecular formula is C25H32Cl6O13. The predicted octanol–water partition coefficient (Wildman–Crippen LogP) is 5.81. The first-order chi connectivity index (χ1) is 20.2. The first-order valence-electron chi connectivity index (χ1n) is 12.1. The van der Waals surface area contributed by atoms with Gasteiger partial charge in [-0.3, -0.25) is 4.79 Å². The van der Waals surface area contributed by atoms with E-state index in [1.54, 1.807) is 0 Å². The summed E-state index contributed by atoms with van der Waals surface area (Å²) in [5.41, 5.74) is 0. The zero-order chi connectivity index (χ0) is 35.0. The second-order valence-electron chi connectivity index (χ2n) is 8.09. The molecule has 44 heavy (non-hydrogen) atoms. The van der Waals surface area contributed by atoms with Crippen molar-refractivity contribution in [2.45, 2.75) is 67.4 Å². The molecule has 0 heterocycles. The molecule has 2 unspecified atom stereocenters. The molecular weight excluding hydrogens is 721 g/mol. The molecule has 2 atom stereocenters. The molecule has 252 valence electrons. The Bertz CT molecular complexity index is 1050. The van der Waals surface area contributed by atoms with E-state index >= 15 is 0 Å².